The highest BCUT2D eigenvalue weighted by Crippen LogP contribution is 2.30. The number of carbonyl (C=O) groups is 2. The zero-order chi connectivity index (χ0) is 27.1. The number of halogens is 4. The summed E-state index contributed by atoms with van der Waals surface area (Å²) < 4.78 is 43.7. The Kier molecular flexibility index (Phi) is 8.88. The largest absolute Gasteiger partial charge is 0.416 e. The molecule has 38 heavy (non-hydrogen) atoms. The minimum atomic E-state index is -4.45. The first kappa shape index (κ1) is 27.4. The molecule has 0 spiro atoms. The van der Waals surface area contributed by atoms with E-state index in [2.05, 4.69) is 15.5 Å². The molecule has 1 heterocycles. The molecule has 0 atom stereocenters. The lowest BCUT2D eigenvalue weighted by Crippen LogP contribution is -2.44. The summed E-state index contributed by atoms with van der Waals surface area (Å²) in [4.78, 5) is 29.7. The summed E-state index contributed by atoms with van der Waals surface area (Å²) in [6.45, 7) is 3.86. The average Bonchev–Trinajstić information content (AvgIpc) is 2.91. The lowest BCUT2D eigenvalue weighted by atomic mass is 10.1. The number of benzene rings is 3. The maximum Gasteiger partial charge on any atom is 0.416 e. The van der Waals surface area contributed by atoms with Crippen LogP contribution in [0.2, 0.25) is 5.02 Å². The van der Waals surface area contributed by atoms with Crippen molar-refractivity contribution in [1.82, 2.24) is 4.90 Å². The third-order valence-corrected chi connectivity index (χ3v) is 6.25. The predicted octanol–water partition coefficient (Wildman–Crippen LogP) is 5.98. The highest BCUT2D eigenvalue weighted by atomic mass is 35.5. The lowest BCUT2D eigenvalue weighted by molar-refractivity contribution is -0.137. The van der Waals surface area contributed by atoms with E-state index in [0.29, 0.717) is 48.3 Å². The van der Waals surface area contributed by atoms with Gasteiger partial charge >= 0.3 is 12.2 Å². The molecule has 0 aromatic heterocycles. The highest BCUT2D eigenvalue weighted by Gasteiger charge is 2.30. The maximum absolute atomic E-state index is 13.2. The van der Waals surface area contributed by atoms with Gasteiger partial charge in [0, 0.05) is 53.8 Å². The molecule has 0 saturated carbocycles. The van der Waals surface area contributed by atoms with Crippen LogP contribution >= 0.6 is 11.6 Å². The molecule has 0 aliphatic carbocycles. The Labute approximate surface area is 223 Å². The Balaban J connectivity index is 1.46. The molecule has 3 amide bonds. The summed E-state index contributed by atoms with van der Waals surface area (Å²) in [5, 5.41) is 6.00. The number of urea groups is 1. The number of morpholine rings is 1. The summed E-state index contributed by atoms with van der Waals surface area (Å²) in [7, 11) is 0. The summed E-state index contributed by atoms with van der Waals surface area (Å²) in [6, 6.07) is 17.1. The van der Waals surface area contributed by atoms with Crippen molar-refractivity contribution < 1.29 is 27.5 Å². The van der Waals surface area contributed by atoms with Crippen LogP contribution in [-0.4, -0.2) is 56.2 Å². The number of rotatable bonds is 7. The molecule has 0 unspecified atom stereocenters. The van der Waals surface area contributed by atoms with Crippen molar-refractivity contribution in [2.24, 2.45) is 0 Å². The summed E-state index contributed by atoms with van der Waals surface area (Å²) in [6.07, 6.45) is -4.45. The second-order valence-electron chi connectivity index (χ2n) is 8.62. The van der Waals surface area contributed by atoms with Crippen molar-refractivity contribution in [2.45, 2.75) is 6.18 Å². The van der Waals surface area contributed by atoms with Crippen molar-refractivity contribution in [3.63, 3.8) is 0 Å². The van der Waals surface area contributed by atoms with Crippen LogP contribution in [0.4, 0.5) is 35.0 Å². The van der Waals surface area contributed by atoms with Gasteiger partial charge in [-0.15, -0.1) is 0 Å². The highest BCUT2D eigenvalue weighted by molar-refractivity contribution is 6.30. The third kappa shape index (κ3) is 7.47. The molecular formula is C27H26ClF3N4O3. The number of anilines is 3. The van der Waals surface area contributed by atoms with Gasteiger partial charge in [-0.25, -0.2) is 4.79 Å². The smallest absolute Gasteiger partial charge is 0.379 e. The molecule has 0 radical (unpaired) electrons. The lowest BCUT2D eigenvalue weighted by Gasteiger charge is -2.30. The number of carbonyl (C=O) groups excluding carboxylic acids is 2. The molecule has 1 aliphatic rings. The first-order chi connectivity index (χ1) is 18.2. The molecule has 1 fully saturated rings. The fourth-order valence-electron chi connectivity index (χ4n) is 3.88. The molecule has 4 rings (SSSR count). The Bertz CT molecular complexity index is 1230. The number of hydrogen-bond donors (Lipinski definition) is 2. The van der Waals surface area contributed by atoms with Crippen molar-refractivity contribution in [1.29, 1.82) is 0 Å². The van der Waals surface area contributed by atoms with Gasteiger partial charge in [-0.1, -0.05) is 11.6 Å². The Morgan fingerprint density at radius 1 is 0.868 bits per heavy atom. The van der Waals surface area contributed by atoms with E-state index in [4.69, 9.17) is 16.3 Å². The third-order valence-electron chi connectivity index (χ3n) is 6.00. The van der Waals surface area contributed by atoms with Crippen LogP contribution in [0.15, 0.2) is 72.8 Å². The quantitative estimate of drug-likeness (QED) is 0.382. The van der Waals surface area contributed by atoms with Crippen LogP contribution in [0.1, 0.15) is 15.9 Å². The number of hydrogen-bond acceptors (Lipinski definition) is 4. The van der Waals surface area contributed by atoms with Crippen molar-refractivity contribution in [2.75, 3.05) is 54.9 Å². The van der Waals surface area contributed by atoms with E-state index >= 15 is 0 Å². The first-order valence-electron chi connectivity index (χ1n) is 11.9. The van der Waals surface area contributed by atoms with Gasteiger partial charge in [0.2, 0.25) is 0 Å². The molecule has 3 aromatic rings. The van der Waals surface area contributed by atoms with Crippen LogP contribution in [0, 0.1) is 0 Å². The molecule has 0 bridgehead atoms. The molecular weight excluding hydrogens is 521 g/mol. The summed E-state index contributed by atoms with van der Waals surface area (Å²) >= 11 is 5.94. The first-order valence-corrected chi connectivity index (χ1v) is 12.3. The van der Waals surface area contributed by atoms with Gasteiger partial charge in [0.1, 0.15) is 0 Å². The van der Waals surface area contributed by atoms with Gasteiger partial charge < -0.3 is 15.4 Å². The van der Waals surface area contributed by atoms with Gasteiger partial charge in [0.05, 0.1) is 18.8 Å². The fourth-order valence-corrected chi connectivity index (χ4v) is 4.00. The Morgan fingerprint density at radius 3 is 2.05 bits per heavy atom. The number of amides is 3. The summed E-state index contributed by atoms with van der Waals surface area (Å²) in [5.74, 6) is -0.484. The normalized spacial score (nSPS) is 14.1. The van der Waals surface area contributed by atoms with Crippen LogP contribution in [0.25, 0.3) is 0 Å². The van der Waals surface area contributed by atoms with Gasteiger partial charge in [-0.2, -0.15) is 13.2 Å². The molecule has 11 heteroatoms. The number of alkyl halides is 3. The minimum absolute atomic E-state index is 0.238. The van der Waals surface area contributed by atoms with E-state index in [1.54, 1.807) is 53.4 Å². The van der Waals surface area contributed by atoms with E-state index in [1.165, 1.54) is 12.1 Å². The van der Waals surface area contributed by atoms with E-state index in [0.717, 1.165) is 25.2 Å². The van der Waals surface area contributed by atoms with Gasteiger partial charge in [0.15, 0.2) is 0 Å². The van der Waals surface area contributed by atoms with Crippen molar-refractivity contribution in [3.05, 3.63) is 88.9 Å². The Hall–Kier alpha value is -3.60. The molecule has 3 aromatic carbocycles. The van der Waals surface area contributed by atoms with Gasteiger partial charge in [0.25, 0.3) is 5.91 Å². The van der Waals surface area contributed by atoms with E-state index in [9.17, 15) is 22.8 Å². The van der Waals surface area contributed by atoms with Gasteiger partial charge in [-0.05, 0) is 72.8 Å². The number of nitrogens with zero attached hydrogens (tertiary/aromatic N) is 2. The molecule has 1 aliphatic heterocycles. The Morgan fingerprint density at radius 2 is 1.45 bits per heavy atom. The minimum Gasteiger partial charge on any atom is -0.379 e. The average molecular weight is 547 g/mol. The predicted molar refractivity (Wildman–Crippen MR) is 141 cm³/mol. The standard InChI is InChI=1S/C27H26ClF3N4O3/c28-21-5-9-23(10-6-21)33-26(37)35(14-13-34-15-17-38-18-16-34)24-11-1-19(2-12-24)25(36)32-22-7-3-20(4-8-22)27(29,30)31/h1-12H,13-18H2,(H,32,36)(H,33,37). The molecule has 200 valence electrons. The SMILES string of the molecule is O=C(Nc1ccc(C(F)(F)F)cc1)c1ccc(N(CCN2CCOCC2)C(=O)Nc2ccc(Cl)cc2)cc1. The maximum atomic E-state index is 13.2. The fraction of sp³-hybridized carbons (Fsp3) is 0.259. The van der Waals surface area contributed by atoms with Crippen LogP contribution in [0.3, 0.4) is 0 Å². The van der Waals surface area contributed by atoms with E-state index in [1.807, 2.05) is 0 Å². The van der Waals surface area contributed by atoms with Crippen molar-refractivity contribution in [3.8, 4) is 0 Å². The van der Waals surface area contributed by atoms with Crippen LogP contribution in [-0.2, 0) is 10.9 Å². The second-order valence-corrected chi connectivity index (χ2v) is 9.06. The monoisotopic (exact) mass is 546 g/mol. The molecule has 2 N–H and O–H groups in total. The second kappa shape index (κ2) is 12.3. The molecule has 1 saturated heterocycles. The van der Waals surface area contributed by atoms with Crippen molar-refractivity contribution >= 4 is 40.6 Å². The topological polar surface area (TPSA) is 73.9 Å². The van der Waals surface area contributed by atoms with Crippen LogP contribution < -0.4 is 15.5 Å². The van der Waals surface area contributed by atoms with Crippen LogP contribution in [0.5, 0.6) is 0 Å². The van der Waals surface area contributed by atoms with Gasteiger partial charge in [-0.3, -0.25) is 14.6 Å². The molecule has 7 nitrogen and oxygen atoms in total. The number of nitrogens with one attached hydrogen (secondary N) is 2. The number of ether oxygens (including phenoxy) is 1. The van der Waals surface area contributed by atoms with E-state index in [-0.39, 0.29) is 11.7 Å². The summed E-state index contributed by atoms with van der Waals surface area (Å²) in [5.41, 5.74) is 0.898. The van der Waals surface area contributed by atoms with E-state index < -0.39 is 17.6 Å². The zero-order valence-corrected chi connectivity index (χ0v) is 21.1. The zero-order valence-electron chi connectivity index (χ0n) is 20.3.